The number of methoxy groups -OCH3 is 2. The van der Waals surface area contributed by atoms with E-state index in [9.17, 15) is 5.11 Å². The maximum atomic E-state index is 10.3. The monoisotopic (exact) mass is 327 g/mol. The second kappa shape index (κ2) is 8.04. The number of rotatable bonds is 6. The third-order valence-corrected chi connectivity index (χ3v) is 4.78. The molecule has 0 saturated carbocycles. The summed E-state index contributed by atoms with van der Waals surface area (Å²) in [4.78, 5) is 2.42. The van der Waals surface area contributed by atoms with Gasteiger partial charge in [0.05, 0.1) is 25.3 Å². The molecule has 0 aromatic heterocycles. The van der Waals surface area contributed by atoms with Gasteiger partial charge in [-0.25, -0.2) is 0 Å². The van der Waals surface area contributed by atoms with Crippen molar-refractivity contribution in [3.8, 4) is 11.5 Å². The highest BCUT2D eigenvalue weighted by Gasteiger charge is 2.28. The lowest BCUT2D eigenvalue weighted by molar-refractivity contribution is 0.0270. The van der Waals surface area contributed by atoms with Crippen LogP contribution in [-0.2, 0) is 6.42 Å². The van der Waals surface area contributed by atoms with E-state index in [1.165, 1.54) is 0 Å². The van der Waals surface area contributed by atoms with Crippen molar-refractivity contribution in [2.45, 2.75) is 32.3 Å². The predicted octanol–water partition coefficient (Wildman–Crippen LogP) is 2.99. The van der Waals surface area contributed by atoms with E-state index in [0.717, 1.165) is 44.5 Å². The minimum Gasteiger partial charge on any atom is -0.493 e. The minimum atomic E-state index is -0.266. The highest BCUT2D eigenvalue weighted by Crippen LogP contribution is 2.38. The molecule has 2 unspecified atom stereocenters. The summed E-state index contributed by atoms with van der Waals surface area (Å²) in [6.45, 7) is 5.17. The average molecular weight is 328 g/mol. The van der Waals surface area contributed by atoms with Gasteiger partial charge in [0.1, 0.15) is 0 Å². The van der Waals surface area contributed by atoms with Crippen LogP contribution >= 0.6 is 11.6 Å². The fourth-order valence-electron chi connectivity index (χ4n) is 3.19. The van der Waals surface area contributed by atoms with Crippen molar-refractivity contribution >= 4 is 11.6 Å². The summed E-state index contributed by atoms with van der Waals surface area (Å²) >= 11 is 6.46. The Hall–Kier alpha value is -0.970. The quantitative estimate of drug-likeness (QED) is 0.872. The van der Waals surface area contributed by atoms with Gasteiger partial charge in [0, 0.05) is 19.0 Å². The van der Waals surface area contributed by atoms with E-state index in [1.807, 2.05) is 12.1 Å². The van der Waals surface area contributed by atoms with Gasteiger partial charge in [-0.05, 0) is 37.4 Å². The summed E-state index contributed by atoms with van der Waals surface area (Å²) in [7, 11) is 3.19. The lowest BCUT2D eigenvalue weighted by Gasteiger charge is -2.36. The van der Waals surface area contributed by atoms with Gasteiger partial charge in [-0.3, -0.25) is 0 Å². The fourth-order valence-corrected chi connectivity index (χ4v) is 3.50. The predicted molar refractivity (Wildman–Crippen MR) is 89.1 cm³/mol. The standard InChI is InChI=1S/C17H26ClNO3/c1-4-8-19-9-7-14(20)13(11-19)10-12-5-6-15(21-2)17(22-3)16(12)18/h5-6,13-14,20H,4,7-11H2,1-3H3. The molecule has 2 rings (SSSR count). The third-order valence-electron chi connectivity index (χ3n) is 4.36. The van der Waals surface area contributed by atoms with Gasteiger partial charge in [-0.1, -0.05) is 24.6 Å². The molecule has 124 valence electrons. The average Bonchev–Trinajstić information content (AvgIpc) is 2.52. The Kier molecular flexibility index (Phi) is 6.36. The van der Waals surface area contributed by atoms with E-state index in [2.05, 4.69) is 11.8 Å². The molecule has 22 heavy (non-hydrogen) atoms. The van der Waals surface area contributed by atoms with Gasteiger partial charge in [-0.2, -0.15) is 0 Å². The topological polar surface area (TPSA) is 41.9 Å². The Morgan fingerprint density at radius 1 is 1.32 bits per heavy atom. The third kappa shape index (κ3) is 3.86. The number of piperidine rings is 1. The summed E-state index contributed by atoms with van der Waals surface area (Å²) in [5.41, 5.74) is 1.00. The van der Waals surface area contributed by atoms with Gasteiger partial charge in [0.2, 0.25) is 0 Å². The number of ether oxygens (including phenoxy) is 2. The molecule has 1 aromatic rings. The molecule has 0 bridgehead atoms. The zero-order valence-corrected chi connectivity index (χ0v) is 14.4. The summed E-state index contributed by atoms with van der Waals surface area (Å²) in [5.74, 6) is 1.40. The molecule has 4 nitrogen and oxygen atoms in total. The lowest BCUT2D eigenvalue weighted by atomic mass is 9.88. The van der Waals surface area contributed by atoms with Crippen molar-refractivity contribution in [1.82, 2.24) is 4.90 Å². The normalized spacial score (nSPS) is 22.6. The van der Waals surface area contributed by atoms with Crippen molar-refractivity contribution in [3.63, 3.8) is 0 Å². The number of hydrogen-bond acceptors (Lipinski definition) is 4. The van der Waals surface area contributed by atoms with E-state index in [4.69, 9.17) is 21.1 Å². The van der Waals surface area contributed by atoms with Crippen LogP contribution in [0.2, 0.25) is 5.02 Å². The van der Waals surface area contributed by atoms with Crippen LogP contribution in [0.3, 0.4) is 0 Å². The van der Waals surface area contributed by atoms with Gasteiger partial charge >= 0.3 is 0 Å². The van der Waals surface area contributed by atoms with Crippen LogP contribution in [0.15, 0.2) is 12.1 Å². The van der Waals surface area contributed by atoms with Crippen LogP contribution in [0, 0.1) is 5.92 Å². The Bertz CT molecular complexity index is 495. The van der Waals surface area contributed by atoms with Crippen molar-refractivity contribution < 1.29 is 14.6 Å². The summed E-state index contributed by atoms with van der Waals surface area (Å²) < 4.78 is 10.6. The number of halogens is 1. The molecule has 1 heterocycles. The van der Waals surface area contributed by atoms with Crippen molar-refractivity contribution in [3.05, 3.63) is 22.7 Å². The SMILES string of the molecule is CCCN1CCC(O)C(Cc2ccc(OC)c(OC)c2Cl)C1. The molecule has 1 saturated heterocycles. The van der Waals surface area contributed by atoms with Gasteiger partial charge in [0.25, 0.3) is 0 Å². The highest BCUT2D eigenvalue weighted by atomic mass is 35.5. The van der Waals surface area contributed by atoms with Gasteiger partial charge in [0.15, 0.2) is 11.5 Å². The molecule has 2 atom stereocenters. The summed E-state index contributed by atoms with van der Waals surface area (Å²) in [6, 6.07) is 3.84. The van der Waals surface area contributed by atoms with Crippen LogP contribution in [-0.4, -0.2) is 50.0 Å². The number of hydrogen-bond donors (Lipinski definition) is 1. The van der Waals surface area contributed by atoms with Crippen LogP contribution in [0.5, 0.6) is 11.5 Å². The first-order valence-corrected chi connectivity index (χ1v) is 8.28. The second-order valence-corrected chi connectivity index (χ2v) is 6.27. The maximum absolute atomic E-state index is 10.3. The fraction of sp³-hybridized carbons (Fsp3) is 0.647. The molecule has 1 aliphatic rings. The van der Waals surface area contributed by atoms with Crippen molar-refractivity contribution in [2.24, 2.45) is 5.92 Å². The number of aliphatic hydroxyl groups is 1. The molecule has 1 aliphatic heterocycles. The molecule has 0 aliphatic carbocycles. The first-order chi connectivity index (χ1) is 10.6. The number of likely N-dealkylation sites (tertiary alicyclic amines) is 1. The Morgan fingerprint density at radius 3 is 2.73 bits per heavy atom. The van der Waals surface area contributed by atoms with Crippen LogP contribution < -0.4 is 9.47 Å². The van der Waals surface area contributed by atoms with Crippen LogP contribution in [0.25, 0.3) is 0 Å². The zero-order chi connectivity index (χ0) is 16.1. The van der Waals surface area contributed by atoms with E-state index in [-0.39, 0.29) is 12.0 Å². The minimum absolute atomic E-state index is 0.205. The molecule has 1 N–H and O–H groups in total. The van der Waals surface area contributed by atoms with E-state index >= 15 is 0 Å². The maximum Gasteiger partial charge on any atom is 0.179 e. The van der Waals surface area contributed by atoms with Gasteiger partial charge < -0.3 is 19.5 Å². The Balaban J connectivity index is 2.15. The first-order valence-electron chi connectivity index (χ1n) is 7.90. The van der Waals surface area contributed by atoms with E-state index in [0.29, 0.717) is 16.5 Å². The molecule has 5 heteroatoms. The first kappa shape index (κ1) is 17.4. The molecule has 0 radical (unpaired) electrons. The Morgan fingerprint density at radius 2 is 2.09 bits per heavy atom. The molecular formula is C17H26ClNO3. The number of aliphatic hydroxyl groups excluding tert-OH is 1. The lowest BCUT2D eigenvalue weighted by Crippen LogP contribution is -2.44. The molecule has 0 amide bonds. The highest BCUT2D eigenvalue weighted by molar-refractivity contribution is 6.33. The van der Waals surface area contributed by atoms with E-state index < -0.39 is 0 Å². The molecular weight excluding hydrogens is 302 g/mol. The van der Waals surface area contributed by atoms with Crippen LogP contribution in [0.4, 0.5) is 0 Å². The molecule has 1 aromatic carbocycles. The zero-order valence-electron chi connectivity index (χ0n) is 13.6. The van der Waals surface area contributed by atoms with E-state index in [1.54, 1.807) is 14.2 Å². The number of benzene rings is 1. The molecule has 1 fully saturated rings. The number of nitrogens with zero attached hydrogens (tertiary/aromatic N) is 1. The van der Waals surface area contributed by atoms with Gasteiger partial charge in [-0.15, -0.1) is 0 Å². The van der Waals surface area contributed by atoms with Crippen molar-refractivity contribution in [2.75, 3.05) is 33.9 Å². The largest absolute Gasteiger partial charge is 0.493 e. The molecule has 0 spiro atoms. The Labute approximate surface area is 138 Å². The van der Waals surface area contributed by atoms with Crippen molar-refractivity contribution in [1.29, 1.82) is 0 Å². The van der Waals surface area contributed by atoms with Crippen LogP contribution in [0.1, 0.15) is 25.3 Å². The summed E-state index contributed by atoms with van der Waals surface area (Å²) in [6.07, 6.45) is 2.45. The summed E-state index contributed by atoms with van der Waals surface area (Å²) in [5, 5.41) is 10.9. The second-order valence-electron chi connectivity index (χ2n) is 5.90. The smallest absolute Gasteiger partial charge is 0.179 e.